The van der Waals surface area contributed by atoms with Gasteiger partial charge in [0, 0.05) is 32.6 Å². The van der Waals surface area contributed by atoms with E-state index < -0.39 is 0 Å². The SMILES string of the molecule is CCOC(=O)CCN(CCCNC(C)=O)C(=O)/C=C/c1ccco1. The smallest absolute Gasteiger partial charge is 0.307 e. The van der Waals surface area contributed by atoms with Crippen LogP contribution in [0, 0.1) is 0 Å². The fourth-order valence-corrected chi connectivity index (χ4v) is 1.97. The zero-order chi connectivity index (χ0) is 17.8. The van der Waals surface area contributed by atoms with Crippen molar-refractivity contribution in [2.75, 3.05) is 26.2 Å². The molecule has 0 aliphatic carbocycles. The van der Waals surface area contributed by atoms with Gasteiger partial charge < -0.3 is 19.4 Å². The Bertz CT molecular complexity index is 551. The molecule has 132 valence electrons. The van der Waals surface area contributed by atoms with Crippen molar-refractivity contribution in [3.8, 4) is 0 Å². The second kappa shape index (κ2) is 11.0. The highest BCUT2D eigenvalue weighted by Crippen LogP contribution is 2.04. The van der Waals surface area contributed by atoms with E-state index >= 15 is 0 Å². The van der Waals surface area contributed by atoms with E-state index in [1.165, 1.54) is 19.3 Å². The van der Waals surface area contributed by atoms with Crippen molar-refractivity contribution in [3.63, 3.8) is 0 Å². The van der Waals surface area contributed by atoms with Crippen LogP contribution in [0.5, 0.6) is 0 Å². The Labute approximate surface area is 141 Å². The van der Waals surface area contributed by atoms with Gasteiger partial charge in [-0.05, 0) is 31.6 Å². The van der Waals surface area contributed by atoms with Crippen molar-refractivity contribution in [3.05, 3.63) is 30.2 Å². The zero-order valence-electron chi connectivity index (χ0n) is 14.1. The normalized spacial score (nSPS) is 10.6. The first-order valence-electron chi connectivity index (χ1n) is 7.93. The van der Waals surface area contributed by atoms with Crippen LogP contribution in [0.15, 0.2) is 28.9 Å². The predicted octanol–water partition coefficient (Wildman–Crippen LogP) is 1.60. The molecule has 0 bridgehead atoms. The maximum Gasteiger partial charge on any atom is 0.307 e. The van der Waals surface area contributed by atoms with Crippen LogP contribution in [0.2, 0.25) is 0 Å². The number of furan rings is 1. The molecule has 7 heteroatoms. The van der Waals surface area contributed by atoms with Gasteiger partial charge in [-0.2, -0.15) is 0 Å². The molecular formula is C17H24N2O5. The molecular weight excluding hydrogens is 312 g/mol. The van der Waals surface area contributed by atoms with Crippen LogP contribution in [0.25, 0.3) is 6.08 Å². The standard InChI is InChI=1S/C17H24N2O5/c1-3-23-17(22)9-12-19(11-5-10-18-14(2)20)16(21)8-7-15-6-4-13-24-15/h4,6-8,13H,3,5,9-12H2,1-2H3,(H,18,20)/b8-7+. The number of ether oxygens (including phenoxy) is 1. The molecule has 0 unspecified atom stereocenters. The topological polar surface area (TPSA) is 88.9 Å². The van der Waals surface area contributed by atoms with Crippen molar-refractivity contribution in [2.24, 2.45) is 0 Å². The van der Waals surface area contributed by atoms with Gasteiger partial charge in [-0.25, -0.2) is 0 Å². The minimum atomic E-state index is -0.341. The first-order valence-corrected chi connectivity index (χ1v) is 7.93. The number of hydrogen-bond acceptors (Lipinski definition) is 5. The van der Waals surface area contributed by atoms with E-state index in [2.05, 4.69) is 5.32 Å². The van der Waals surface area contributed by atoms with Crippen LogP contribution in [0.4, 0.5) is 0 Å². The third-order valence-corrected chi connectivity index (χ3v) is 3.11. The largest absolute Gasteiger partial charge is 0.466 e. The van der Waals surface area contributed by atoms with Gasteiger partial charge in [0.2, 0.25) is 11.8 Å². The molecule has 0 saturated heterocycles. The second-order valence-corrected chi connectivity index (χ2v) is 5.07. The summed E-state index contributed by atoms with van der Waals surface area (Å²) in [5.74, 6) is -0.102. The fourth-order valence-electron chi connectivity index (χ4n) is 1.97. The number of carbonyl (C=O) groups excluding carboxylic acids is 3. The van der Waals surface area contributed by atoms with E-state index in [1.54, 1.807) is 30.0 Å². The molecule has 1 N–H and O–H groups in total. The van der Waals surface area contributed by atoms with Crippen molar-refractivity contribution >= 4 is 23.9 Å². The minimum Gasteiger partial charge on any atom is -0.466 e. The average molecular weight is 336 g/mol. The number of esters is 1. The molecule has 0 aromatic carbocycles. The second-order valence-electron chi connectivity index (χ2n) is 5.07. The Morgan fingerprint density at radius 2 is 2.12 bits per heavy atom. The lowest BCUT2D eigenvalue weighted by Gasteiger charge is -2.21. The summed E-state index contributed by atoms with van der Waals surface area (Å²) in [4.78, 5) is 36.2. The van der Waals surface area contributed by atoms with Crippen molar-refractivity contribution in [1.29, 1.82) is 0 Å². The number of nitrogens with zero attached hydrogens (tertiary/aromatic N) is 1. The summed E-state index contributed by atoms with van der Waals surface area (Å²) in [6.07, 6.45) is 5.24. The maximum absolute atomic E-state index is 12.3. The number of hydrogen-bond donors (Lipinski definition) is 1. The van der Waals surface area contributed by atoms with E-state index in [0.29, 0.717) is 31.9 Å². The van der Waals surface area contributed by atoms with E-state index in [9.17, 15) is 14.4 Å². The van der Waals surface area contributed by atoms with Gasteiger partial charge in [0.25, 0.3) is 0 Å². The van der Waals surface area contributed by atoms with Crippen molar-refractivity contribution in [1.82, 2.24) is 10.2 Å². The molecule has 0 fully saturated rings. The molecule has 1 heterocycles. The lowest BCUT2D eigenvalue weighted by molar-refractivity contribution is -0.143. The van der Waals surface area contributed by atoms with Crippen molar-refractivity contribution in [2.45, 2.75) is 26.7 Å². The quantitative estimate of drug-likeness (QED) is 0.398. The third-order valence-electron chi connectivity index (χ3n) is 3.11. The predicted molar refractivity (Wildman–Crippen MR) is 88.9 cm³/mol. The molecule has 0 spiro atoms. The summed E-state index contributed by atoms with van der Waals surface area (Å²) in [6, 6.07) is 3.47. The van der Waals surface area contributed by atoms with Gasteiger partial charge in [0.15, 0.2) is 0 Å². The molecule has 24 heavy (non-hydrogen) atoms. The molecule has 2 amide bonds. The summed E-state index contributed by atoms with van der Waals surface area (Å²) in [5, 5.41) is 2.68. The minimum absolute atomic E-state index is 0.114. The number of nitrogens with one attached hydrogen (secondary N) is 1. The van der Waals surface area contributed by atoms with Gasteiger partial charge in [-0.15, -0.1) is 0 Å². The Morgan fingerprint density at radius 1 is 1.33 bits per heavy atom. The van der Waals surface area contributed by atoms with Crippen LogP contribution in [0.3, 0.4) is 0 Å². The highest BCUT2D eigenvalue weighted by Gasteiger charge is 2.13. The van der Waals surface area contributed by atoms with Crippen LogP contribution >= 0.6 is 0 Å². The van der Waals surface area contributed by atoms with Gasteiger partial charge >= 0.3 is 5.97 Å². The monoisotopic (exact) mass is 336 g/mol. The summed E-state index contributed by atoms with van der Waals surface area (Å²) < 4.78 is 10.0. The highest BCUT2D eigenvalue weighted by atomic mass is 16.5. The first-order chi connectivity index (χ1) is 11.5. The third kappa shape index (κ3) is 8.17. The maximum atomic E-state index is 12.3. The molecule has 0 aliphatic heterocycles. The number of rotatable bonds is 10. The van der Waals surface area contributed by atoms with Crippen molar-refractivity contribution < 1.29 is 23.5 Å². The molecule has 7 nitrogen and oxygen atoms in total. The zero-order valence-corrected chi connectivity index (χ0v) is 14.1. The highest BCUT2D eigenvalue weighted by molar-refractivity contribution is 5.91. The average Bonchev–Trinajstić information content (AvgIpc) is 3.05. The van der Waals surface area contributed by atoms with Gasteiger partial charge in [-0.1, -0.05) is 0 Å². The van der Waals surface area contributed by atoms with E-state index in [0.717, 1.165) is 0 Å². The molecule has 0 saturated carbocycles. The molecule has 0 radical (unpaired) electrons. The van der Waals surface area contributed by atoms with Crippen LogP contribution in [-0.4, -0.2) is 48.9 Å². The lowest BCUT2D eigenvalue weighted by atomic mass is 10.3. The van der Waals surface area contributed by atoms with Gasteiger partial charge in [0.05, 0.1) is 19.3 Å². The Kier molecular flexibility index (Phi) is 8.96. The Hall–Kier alpha value is -2.57. The van der Waals surface area contributed by atoms with E-state index in [4.69, 9.17) is 9.15 Å². The molecule has 1 rings (SSSR count). The first kappa shape index (κ1) is 19.5. The molecule has 1 aromatic heterocycles. The number of amides is 2. The summed E-state index contributed by atoms with van der Waals surface area (Å²) >= 11 is 0. The molecule has 0 atom stereocenters. The van der Waals surface area contributed by atoms with Gasteiger partial charge in [-0.3, -0.25) is 14.4 Å². The summed E-state index contributed by atoms with van der Waals surface area (Å²) in [7, 11) is 0. The fraction of sp³-hybridized carbons (Fsp3) is 0.471. The summed E-state index contributed by atoms with van der Waals surface area (Å²) in [6.45, 7) is 4.66. The lowest BCUT2D eigenvalue weighted by Crippen LogP contribution is -2.34. The van der Waals surface area contributed by atoms with Crippen LogP contribution < -0.4 is 5.32 Å². The Morgan fingerprint density at radius 3 is 2.75 bits per heavy atom. The van der Waals surface area contributed by atoms with E-state index in [-0.39, 0.29) is 30.7 Å². The van der Waals surface area contributed by atoms with Crippen LogP contribution in [-0.2, 0) is 19.1 Å². The summed E-state index contributed by atoms with van der Waals surface area (Å²) in [5.41, 5.74) is 0. The van der Waals surface area contributed by atoms with Crippen LogP contribution in [0.1, 0.15) is 32.4 Å². The van der Waals surface area contributed by atoms with Gasteiger partial charge in [0.1, 0.15) is 5.76 Å². The number of carbonyl (C=O) groups is 3. The Balaban J connectivity index is 2.55. The molecule has 1 aromatic rings. The van der Waals surface area contributed by atoms with E-state index in [1.807, 2.05) is 0 Å². The molecule has 0 aliphatic rings.